The first-order valence-corrected chi connectivity index (χ1v) is 11.5. The Balaban J connectivity index is 1.93. The third-order valence-corrected chi connectivity index (χ3v) is 6.19. The minimum absolute atomic E-state index is 0.0140. The lowest BCUT2D eigenvalue weighted by molar-refractivity contribution is -0.114. The van der Waals surface area contributed by atoms with Gasteiger partial charge in [-0.05, 0) is 48.7 Å². The summed E-state index contributed by atoms with van der Waals surface area (Å²) < 4.78 is 25.3. The number of ether oxygens (including phenoxy) is 2. The third kappa shape index (κ3) is 6.55. The largest absolute Gasteiger partial charge is 0.491 e. The molecule has 0 bridgehead atoms. The van der Waals surface area contributed by atoms with E-state index in [0.29, 0.717) is 36.7 Å². The molecular formula is C26H34FN3O4. The van der Waals surface area contributed by atoms with E-state index in [1.807, 2.05) is 0 Å². The lowest BCUT2D eigenvalue weighted by Crippen LogP contribution is -2.46. The molecule has 3 rings (SSSR count). The zero-order valence-electron chi connectivity index (χ0n) is 20.5. The fourth-order valence-corrected chi connectivity index (χ4v) is 4.18. The van der Waals surface area contributed by atoms with Gasteiger partial charge in [0.05, 0.1) is 11.7 Å². The SMILES string of the molecule is CO[C@@H]1CN(C)C(=O)c2cc(NC(C)=O)ccc2OC[C@H](C)N(Cc2ccc(F)cc2)C[C@H]1C. The van der Waals surface area contributed by atoms with E-state index < -0.39 is 0 Å². The molecule has 184 valence electrons. The Hall–Kier alpha value is -2.97. The number of nitrogens with one attached hydrogen (secondary N) is 1. The van der Waals surface area contributed by atoms with Crippen LogP contribution in [-0.4, -0.2) is 67.6 Å². The molecule has 1 aliphatic heterocycles. The maximum Gasteiger partial charge on any atom is 0.257 e. The summed E-state index contributed by atoms with van der Waals surface area (Å²) in [7, 11) is 3.39. The second-order valence-corrected chi connectivity index (χ2v) is 9.05. The Morgan fingerprint density at radius 1 is 1.18 bits per heavy atom. The smallest absolute Gasteiger partial charge is 0.257 e. The van der Waals surface area contributed by atoms with Crippen molar-refractivity contribution in [2.24, 2.45) is 5.92 Å². The fourth-order valence-electron chi connectivity index (χ4n) is 4.18. The van der Waals surface area contributed by atoms with Gasteiger partial charge in [-0.3, -0.25) is 14.5 Å². The van der Waals surface area contributed by atoms with Crippen LogP contribution in [-0.2, 0) is 16.1 Å². The van der Waals surface area contributed by atoms with Crippen LogP contribution >= 0.6 is 0 Å². The maximum absolute atomic E-state index is 13.4. The molecule has 7 nitrogen and oxygen atoms in total. The van der Waals surface area contributed by atoms with E-state index in [2.05, 4.69) is 24.1 Å². The van der Waals surface area contributed by atoms with Gasteiger partial charge < -0.3 is 19.7 Å². The van der Waals surface area contributed by atoms with E-state index in [1.165, 1.54) is 19.1 Å². The summed E-state index contributed by atoms with van der Waals surface area (Å²) in [6, 6.07) is 11.6. The number of benzene rings is 2. The first-order valence-electron chi connectivity index (χ1n) is 11.5. The molecule has 2 aromatic rings. The second-order valence-electron chi connectivity index (χ2n) is 9.05. The van der Waals surface area contributed by atoms with Crippen molar-refractivity contribution >= 4 is 17.5 Å². The van der Waals surface area contributed by atoms with Gasteiger partial charge in [0.1, 0.15) is 18.2 Å². The average molecular weight is 472 g/mol. The molecule has 0 saturated heterocycles. The lowest BCUT2D eigenvalue weighted by atomic mass is 10.0. The van der Waals surface area contributed by atoms with Crippen molar-refractivity contribution in [3.8, 4) is 5.75 Å². The first-order chi connectivity index (χ1) is 16.2. The lowest BCUT2D eigenvalue weighted by Gasteiger charge is -2.36. The molecule has 0 aromatic heterocycles. The maximum atomic E-state index is 13.4. The number of amides is 2. The Morgan fingerprint density at radius 2 is 1.88 bits per heavy atom. The minimum atomic E-state index is -0.260. The molecule has 0 fully saturated rings. The van der Waals surface area contributed by atoms with Crippen LogP contribution in [0.1, 0.15) is 36.7 Å². The number of hydrogen-bond acceptors (Lipinski definition) is 5. The second kappa shape index (κ2) is 11.4. The van der Waals surface area contributed by atoms with E-state index in [4.69, 9.17) is 9.47 Å². The van der Waals surface area contributed by atoms with Crippen LogP contribution in [0.15, 0.2) is 42.5 Å². The summed E-state index contributed by atoms with van der Waals surface area (Å²) in [5, 5.41) is 2.73. The van der Waals surface area contributed by atoms with Gasteiger partial charge in [0.15, 0.2) is 0 Å². The Bertz CT molecular complexity index is 998. The van der Waals surface area contributed by atoms with Crippen LogP contribution in [0, 0.1) is 11.7 Å². The summed E-state index contributed by atoms with van der Waals surface area (Å²) in [6.07, 6.45) is -0.181. The van der Waals surface area contributed by atoms with Crippen LogP contribution < -0.4 is 10.1 Å². The normalized spacial score (nSPS) is 22.2. The van der Waals surface area contributed by atoms with Gasteiger partial charge in [0, 0.05) is 52.4 Å². The Kier molecular flexibility index (Phi) is 8.63. The van der Waals surface area contributed by atoms with Gasteiger partial charge in [-0.25, -0.2) is 4.39 Å². The van der Waals surface area contributed by atoms with Crippen molar-refractivity contribution in [2.45, 2.75) is 39.5 Å². The van der Waals surface area contributed by atoms with Crippen molar-refractivity contribution in [1.82, 2.24) is 9.80 Å². The van der Waals surface area contributed by atoms with Crippen molar-refractivity contribution in [3.05, 3.63) is 59.4 Å². The van der Waals surface area contributed by atoms with Crippen LogP contribution in [0.2, 0.25) is 0 Å². The number of carbonyl (C=O) groups excluding carboxylic acids is 2. The molecule has 1 N–H and O–H groups in total. The topological polar surface area (TPSA) is 71.1 Å². The third-order valence-electron chi connectivity index (χ3n) is 6.19. The molecular weight excluding hydrogens is 437 g/mol. The summed E-state index contributed by atoms with van der Waals surface area (Å²) >= 11 is 0. The molecule has 0 aliphatic carbocycles. The van der Waals surface area contributed by atoms with E-state index in [0.717, 1.165) is 12.1 Å². The summed E-state index contributed by atoms with van der Waals surface area (Å²) in [5.74, 6) is -0.0968. The number of likely N-dealkylation sites (N-methyl/N-ethyl adjacent to an activating group) is 1. The number of rotatable bonds is 4. The zero-order chi connectivity index (χ0) is 24.8. The van der Waals surface area contributed by atoms with Crippen molar-refractivity contribution in [2.75, 3.05) is 39.2 Å². The molecule has 2 amide bonds. The fraction of sp³-hybridized carbons (Fsp3) is 0.462. The monoisotopic (exact) mass is 471 g/mol. The molecule has 1 heterocycles. The number of hydrogen-bond donors (Lipinski definition) is 1. The molecule has 0 radical (unpaired) electrons. The Labute approximate surface area is 200 Å². The summed E-state index contributed by atoms with van der Waals surface area (Å²) in [6.45, 7) is 7.71. The van der Waals surface area contributed by atoms with Crippen molar-refractivity contribution in [1.29, 1.82) is 0 Å². The van der Waals surface area contributed by atoms with Gasteiger partial charge >= 0.3 is 0 Å². The van der Waals surface area contributed by atoms with Crippen LogP contribution in [0.25, 0.3) is 0 Å². The molecule has 1 aliphatic rings. The van der Waals surface area contributed by atoms with Gasteiger partial charge in [0.25, 0.3) is 5.91 Å². The van der Waals surface area contributed by atoms with Gasteiger partial charge in [-0.2, -0.15) is 0 Å². The van der Waals surface area contributed by atoms with Gasteiger partial charge in [0.2, 0.25) is 5.91 Å². The minimum Gasteiger partial charge on any atom is -0.491 e. The highest BCUT2D eigenvalue weighted by Crippen LogP contribution is 2.27. The molecule has 0 saturated carbocycles. The van der Waals surface area contributed by atoms with Gasteiger partial charge in [-0.15, -0.1) is 0 Å². The van der Waals surface area contributed by atoms with E-state index in [1.54, 1.807) is 49.4 Å². The summed E-state index contributed by atoms with van der Waals surface area (Å²) in [4.78, 5) is 28.7. The molecule has 34 heavy (non-hydrogen) atoms. The average Bonchev–Trinajstić information content (AvgIpc) is 2.80. The zero-order valence-corrected chi connectivity index (χ0v) is 20.5. The standard InChI is InChI=1S/C26H34FN3O4/c1-17-13-30(14-20-6-8-21(27)9-7-20)18(2)16-34-24-11-10-22(28-19(3)31)12-23(24)26(32)29(4)15-25(17)33-5/h6-12,17-18,25H,13-16H2,1-5H3,(H,28,31)/t17-,18+,25-/m1/s1. The van der Waals surface area contributed by atoms with E-state index in [-0.39, 0.29) is 35.7 Å². The first kappa shape index (κ1) is 25.6. The number of halogens is 1. The number of nitrogens with zero attached hydrogens (tertiary/aromatic N) is 2. The van der Waals surface area contributed by atoms with Crippen LogP contribution in [0.3, 0.4) is 0 Å². The van der Waals surface area contributed by atoms with Gasteiger partial charge in [-0.1, -0.05) is 19.1 Å². The number of carbonyl (C=O) groups is 2. The van der Waals surface area contributed by atoms with Crippen molar-refractivity contribution < 1.29 is 23.5 Å². The molecule has 2 aromatic carbocycles. The Morgan fingerprint density at radius 3 is 2.53 bits per heavy atom. The van der Waals surface area contributed by atoms with Crippen molar-refractivity contribution in [3.63, 3.8) is 0 Å². The number of methoxy groups -OCH3 is 1. The quantitative estimate of drug-likeness (QED) is 0.735. The molecule has 0 spiro atoms. The van der Waals surface area contributed by atoms with Crippen LogP contribution in [0.5, 0.6) is 5.75 Å². The van der Waals surface area contributed by atoms with Crippen LogP contribution in [0.4, 0.5) is 10.1 Å². The molecule has 3 atom stereocenters. The van der Waals surface area contributed by atoms with E-state index >= 15 is 0 Å². The highest BCUT2D eigenvalue weighted by molar-refractivity contribution is 5.99. The predicted octanol–water partition coefficient (Wildman–Crippen LogP) is 3.79. The number of anilines is 1. The molecule has 8 heteroatoms. The number of fused-ring (bicyclic) bond motifs is 1. The summed E-state index contributed by atoms with van der Waals surface area (Å²) in [5.41, 5.74) is 1.93. The van der Waals surface area contributed by atoms with E-state index in [9.17, 15) is 14.0 Å². The molecule has 0 unspecified atom stereocenters. The highest BCUT2D eigenvalue weighted by atomic mass is 19.1. The predicted molar refractivity (Wildman–Crippen MR) is 129 cm³/mol. The highest BCUT2D eigenvalue weighted by Gasteiger charge is 2.28.